The van der Waals surface area contributed by atoms with Gasteiger partial charge in [0.15, 0.2) is 0 Å². The smallest absolute Gasteiger partial charge is 0.269 e. The van der Waals surface area contributed by atoms with Crippen LogP contribution in [0.15, 0.2) is 48.5 Å². The molecule has 0 radical (unpaired) electrons. The van der Waals surface area contributed by atoms with E-state index in [1.54, 1.807) is 24.3 Å². The van der Waals surface area contributed by atoms with Crippen LogP contribution < -0.4 is 10.6 Å². The monoisotopic (exact) mass is 316 g/mol. The van der Waals surface area contributed by atoms with Crippen molar-refractivity contribution in [2.45, 2.75) is 6.42 Å². The van der Waals surface area contributed by atoms with Gasteiger partial charge in [-0.2, -0.15) is 0 Å². The molecule has 0 aliphatic heterocycles. The molecule has 0 atom stereocenters. The summed E-state index contributed by atoms with van der Waals surface area (Å²) in [5.41, 5.74) is 7.10. The zero-order chi connectivity index (χ0) is 16.8. The molecule has 0 bridgehead atoms. The molecule has 23 heavy (non-hydrogen) atoms. The molecule has 2 aromatic carbocycles. The molecule has 0 aliphatic carbocycles. The summed E-state index contributed by atoms with van der Waals surface area (Å²) in [5.74, 6) is 0. The minimum atomic E-state index is -0.458. The van der Waals surface area contributed by atoms with Gasteiger partial charge in [0, 0.05) is 42.2 Å². The van der Waals surface area contributed by atoms with E-state index < -0.39 is 9.85 Å². The van der Waals surface area contributed by atoms with Gasteiger partial charge in [-0.3, -0.25) is 20.2 Å². The molecule has 2 N–H and O–H groups in total. The number of anilines is 2. The summed E-state index contributed by atoms with van der Waals surface area (Å²) in [6, 6.07) is 12.3. The number of hydrogen-bond acceptors (Lipinski definition) is 6. The Balaban J connectivity index is 2.32. The van der Waals surface area contributed by atoms with Gasteiger partial charge in [-0.05, 0) is 37.2 Å². The van der Waals surface area contributed by atoms with Crippen molar-refractivity contribution < 1.29 is 9.85 Å². The lowest BCUT2D eigenvalue weighted by atomic mass is 10.2. The molecule has 0 unspecified atom stereocenters. The van der Waals surface area contributed by atoms with E-state index in [0.29, 0.717) is 19.5 Å². The van der Waals surface area contributed by atoms with Crippen molar-refractivity contribution in [3.05, 3.63) is 68.8 Å². The number of non-ortho nitro benzene ring substituents is 2. The molecule has 8 nitrogen and oxygen atoms in total. The summed E-state index contributed by atoms with van der Waals surface area (Å²) in [6.07, 6.45) is 0.716. The predicted molar refractivity (Wildman–Crippen MR) is 86.9 cm³/mol. The van der Waals surface area contributed by atoms with E-state index in [-0.39, 0.29) is 11.4 Å². The molecule has 0 saturated heterocycles. The minimum Gasteiger partial charge on any atom is -0.341 e. The number of nitrogens with two attached hydrogens (primary N) is 1. The van der Waals surface area contributed by atoms with Crippen molar-refractivity contribution in [2.75, 3.05) is 18.0 Å². The quantitative estimate of drug-likeness (QED) is 0.620. The lowest BCUT2D eigenvalue weighted by Crippen LogP contribution is -2.20. The highest BCUT2D eigenvalue weighted by molar-refractivity contribution is 5.65. The summed E-state index contributed by atoms with van der Waals surface area (Å²) in [6.45, 7) is 1.10. The lowest BCUT2D eigenvalue weighted by molar-refractivity contribution is -0.385. The first-order valence-corrected chi connectivity index (χ1v) is 6.99. The first-order chi connectivity index (χ1) is 11.0. The Hall–Kier alpha value is -3.00. The van der Waals surface area contributed by atoms with Crippen molar-refractivity contribution in [2.24, 2.45) is 5.73 Å². The zero-order valence-corrected chi connectivity index (χ0v) is 12.3. The van der Waals surface area contributed by atoms with Gasteiger partial charge in [0.2, 0.25) is 0 Å². The van der Waals surface area contributed by atoms with E-state index in [1.165, 1.54) is 24.3 Å². The van der Waals surface area contributed by atoms with Gasteiger partial charge in [0.1, 0.15) is 0 Å². The average Bonchev–Trinajstić information content (AvgIpc) is 2.56. The van der Waals surface area contributed by atoms with Gasteiger partial charge in [0.05, 0.1) is 9.85 Å². The van der Waals surface area contributed by atoms with Crippen molar-refractivity contribution >= 4 is 22.7 Å². The van der Waals surface area contributed by atoms with Gasteiger partial charge < -0.3 is 10.6 Å². The molecule has 2 aromatic rings. The molecular weight excluding hydrogens is 300 g/mol. The van der Waals surface area contributed by atoms with Gasteiger partial charge in [-0.1, -0.05) is 0 Å². The van der Waals surface area contributed by atoms with E-state index in [4.69, 9.17) is 5.73 Å². The third-order valence-corrected chi connectivity index (χ3v) is 3.33. The van der Waals surface area contributed by atoms with Gasteiger partial charge in [0.25, 0.3) is 11.4 Å². The van der Waals surface area contributed by atoms with Crippen LogP contribution in [0.2, 0.25) is 0 Å². The summed E-state index contributed by atoms with van der Waals surface area (Å²) in [4.78, 5) is 22.5. The molecule has 0 heterocycles. The van der Waals surface area contributed by atoms with E-state index >= 15 is 0 Å². The third kappa shape index (κ3) is 4.01. The first kappa shape index (κ1) is 16.4. The maximum Gasteiger partial charge on any atom is 0.269 e. The highest BCUT2D eigenvalue weighted by Crippen LogP contribution is 2.28. The maximum absolute atomic E-state index is 10.7. The Labute approximate surface area is 132 Å². The molecule has 0 saturated carbocycles. The van der Waals surface area contributed by atoms with Gasteiger partial charge in [-0.15, -0.1) is 0 Å². The van der Waals surface area contributed by atoms with E-state index in [1.807, 2.05) is 4.90 Å². The number of nitro benzene ring substituents is 2. The standard InChI is InChI=1S/C15H16N4O4/c16-10-1-11-17(12-2-6-14(7-3-12)18(20)21)13-4-8-15(9-5-13)19(22)23/h2-9H,1,10-11,16H2. The molecule has 0 aliphatic rings. The molecule has 0 amide bonds. The van der Waals surface area contributed by atoms with Crippen LogP contribution >= 0.6 is 0 Å². The Morgan fingerprint density at radius 1 is 0.826 bits per heavy atom. The third-order valence-electron chi connectivity index (χ3n) is 3.33. The summed E-state index contributed by atoms with van der Waals surface area (Å²) >= 11 is 0. The Morgan fingerprint density at radius 2 is 1.22 bits per heavy atom. The fourth-order valence-electron chi connectivity index (χ4n) is 2.17. The van der Waals surface area contributed by atoms with Crippen LogP contribution in [0, 0.1) is 20.2 Å². The zero-order valence-electron chi connectivity index (χ0n) is 12.3. The lowest BCUT2D eigenvalue weighted by Gasteiger charge is -2.24. The highest BCUT2D eigenvalue weighted by atomic mass is 16.6. The Morgan fingerprint density at radius 3 is 1.52 bits per heavy atom. The Bertz CT molecular complexity index is 628. The van der Waals surface area contributed by atoms with Crippen LogP contribution in [0.1, 0.15) is 6.42 Å². The van der Waals surface area contributed by atoms with Crippen molar-refractivity contribution in [3.63, 3.8) is 0 Å². The van der Waals surface area contributed by atoms with Crippen molar-refractivity contribution in [3.8, 4) is 0 Å². The second kappa shape index (κ2) is 7.32. The molecule has 0 fully saturated rings. The second-order valence-corrected chi connectivity index (χ2v) is 4.84. The topological polar surface area (TPSA) is 116 Å². The van der Waals surface area contributed by atoms with Crippen LogP contribution in [0.3, 0.4) is 0 Å². The summed E-state index contributed by atoms with van der Waals surface area (Å²) in [7, 11) is 0. The van der Waals surface area contributed by atoms with Crippen molar-refractivity contribution in [1.82, 2.24) is 0 Å². The van der Waals surface area contributed by atoms with Gasteiger partial charge in [-0.25, -0.2) is 0 Å². The van der Waals surface area contributed by atoms with Crippen LogP contribution in [0.25, 0.3) is 0 Å². The highest BCUT2D eigenvalue weighted by Gasteiger charge is 2.13. The molecule has 8 heteroatoms. The largest absolute Gasteiger partial charge is 0.341 e. The predicted octanol–water partition coefficient (Wildman–Crippen LogP) is 2.99. The van der Waals surface area contributed by atoms with E-state index in [9.17, 15) is 20.2 Å². The fourth-order valence-corrected chi connectivity index (χ4v) is 2.17. The van der Waals surface area contributed by atoms with E-state index in [0.717, 1.165) is 11.4 Å². The molecule has 2 rings (SSSR count). The number of hydrogen-bond donors (Lipinski definition) is 1. The summed E-state index contributed by atoms with van der Waals surface area (Å²) in [5, 5.41) is 21.5. The minimum absolute atomic E-state index is 0.0104. The number of rotatable bonds is 7. The van der Waals surface area contributed by atoms with Crippen molar-refractivity contribution in [1.29, 1.82) is 0 Å². The van der Waals surface area contributed by atoms with Crippen LogP contribution in [-0.4, -0.2) is 22.9 Å². The number of nitro groups is 2. The normalized spacial score (nSPS) is 10.3. The number of benzene rings is 2. The van der Waals surface area contributed by atoms with Gasteiger partial charge >= 0.3 is 0 Å². The van der Waals surface area contributed by atoms with Crippen LogP contribution in [0.5, 0.6) is 0 Å². The van der Waals surface area contributed by atoms with Crippen LogP contribution in [-0.2, 0) is 0 Å². The number of nitrogens with zero attached hydrogens (tertiary/aromatic N) is 3. The maximum atomic E-state index is 10.7. The van der Waals surface area contributed by atoms with Crippen LogP contribution in [0.4, 0.5) is 22.7 Å². The summed E-state index contributed by atoms with van der Waals surface area (Å²) < 4.78 is 0. The molecule has 120 valence electrons. The Kier molecular flexibility index (Phi) is 5.21. The molecule has 0 aromatic heterocycles. The second-order valence-electron chi connectivity index (χ2n) is 4.84. The fraction of sp³-hybridized carbons (Fsp3) is 0.200. The first-order valence-electron chi connectivity index (χ1n) is 6.99. The molecular formula is C15H16N4O4. The van der Waals surface area contributed by atoms with E-state index in [2.05, 4.69) is 0 Å². The SMILES string of the molecule is NCCCN(c1ccc([N+](=O)[O-])cc1)c1ccc([N+](=O)[O-])cc1. The average molecular weight is 316 g/mol. The molecule has 0 spiro atoms.